The number of carbonyl (C=O) groups is 2. The topological polar surface area (TPSA) is 63.6 Å². The number of aliphatic hydroxyl groups is 1. The Morgan fingerprint density at radius 2 is 2.04 bits per heavy atom. The molecule has 2 atom stereocenters. The highest BCUT2D eigenvalue weighted by molar-refractivity contribution is 6.32. The van der Waals surface area contributed by atoms with Gasteiger partial charge in [0.2, 0.25) is 0 Å². The smallest absolute Gasteiger partial charge is 0.307 e. The molecule has 126 valence electrons. The van der Waals surface area contributed by atoms with Crippen LogP contribution >= 0.6 is 11.6 Å². The molecule has 0 heterocycles. The Kier molecular flexibility index (Phi) is 5.17. The number of ether oxygens (including phenoxy) is 1. The molecule has 1 saturated carbocycles. The summed E-state index contributed by atoms with van der Waals surface area (Å²) in [6.45, 7) is 5.35. The second-order valence-corrected chi connectivity index (χ2v) is 7.50. The summed E-state index contributed by atoms with van der Waals surface area (Å²) in [5, 5.41) is 10.5. The van der Waals surface area contributed by atoms with E-state index in [-0.39, 0.29) is 12.2 Å². The second kappa shape index (κ2) is 6.62. The van der Waals surface area contributed by atoms with E-state index in [2.05, 4.69) is 0 Å². The van der Waals surface area contributed by atoms with Crippen molar-refractivity contribution >= 4 is 23.4 Å². The van der Waals surface area contributed by atoms with E-state index in [1.54, 1.807) is 45.0 Å². The molecule has 1 aliphatic rings. The van der Waals surface area contributed by atoms with Crippen LogP contribution < -0.4 is 0 Å². The van der Waals surface area contributed by atoms with E-state index in [9.17, 15) is 14.7 Å². The zero-order valence-electron chi connectivity index (χ0n) is 13.8. The van der Waals surface area contributed by atoms with Gasteiger partial charge >= 0.3 is 5.97 Å². The van der Waals surface area contributed by atoms with E-state index in [0.29, 0.717) is 29.8 Å². The van der Waals surface area contributed by atoms with Gasteiger partial charge in [-0.25, -0.2) is 0 Å². The lowest BCUT2D eigenvalue weighted by Gasteiger charge is -2.38. The third kappa shape index (κ3) is 3.93. The van der Waals surface area contributed by atoms with E-state index in [1.165, 1.54) is 0 Å². The van der Waals surface area contributed by atoms with Crippen LogP contribution in [0, 0.1) is 0 Å². The van der Waals surface area contributed by atoms with Gasteiger partial charge in [0.15, 0.2) is 5.78 Å². The van der Waals surface area contributed by atoms with E-state index < -0.39 is 23.1 Å². The van der Waals surface area contributed by atoms with Gasteiger partial charge in [-0.2, -0.15) is 0 Å². The van der Waals surface area contributed by atoms with Crippen molar-refractivity contribution in [2.45, 2.75) is 63.6 Å². The molecule has 1 aromatic carbocycles. The maximum atomic E-state index is 12.8. The minimum absolute atomic E-state index is 0.107. The molecule has 0 radical (unpaired) electrons. The van der Waals surface area contributed by atoms with Crippen LogP contribution in [0.1, 0.15) is 52.0 Å². The Morgan fingerprint density at radius 3 is 2.65 bits per heavy atom. The van der Waals surface area contributed by atoms with Crippen LogP contribution in [-0.2, 0) is 19.7 Å². The van der Waals surface area contributed by atoms with Gasteiger partial charge in [-0.05, 0) is 51.7 Å². The monoisotopic (exact) mass is 338 g/mol. The maximum Gasteiger partial charge on any atom is 0.307 e. The molecule has 0 saturated heterocycles. The molecule has 0 amide bonds. The molecule has 1 aromatic rings. The van der Waals surface area contributed by atoms with E-state index in [1.807, 2.05) is 0 Å². The van der Waals surface area contributed by atoms with Crippen molar-refractivity contribution in [3.05, 3.63) is 34.9 Å². The Bertz CT molecular complexity index is 605. The fourth-order valence-corrected chi connectivity index (χ4v) is 3.50. The summed E-state index contributed by atoms with van der Waals surface area (Å²) in [5.41, 5.74) is -1.15. The highest BCUT2D eigenvalue weighted by atomic mass is 35.5. The number of hydrogen-bond donors (Lipinski definition) is 1. The Hall–Kier alpha value is -1.39. The molecule has 4 nitrogen and oxygen atoms in total. The zero-order valence-corrected chi connectivity index (χ0v) is 14.5. The fourth-order valence-electron chi connectivity index (χ4n) is 3.18. The van der Waals surface area contributed by atoms with Crippen LogP contribution in [0.5, 0.6) is 0 Å². The minimum Gasteiger partial charge on any atom is -0.460 e. The molecular weight excluding hydrogens is 316 g/mol. The molecule has 0 aromatic heterocycles. The fraction of sp³-hybridized carbons (Fsp3) is 0.556. The molecule has 1 N–H and O–H groups in total. The first-order valence-electron chi connectivity index (χ1n) is 7.85. The molecule has 5 heteroatoms. The first kappa shape index (κ1) is 18.0. The van der Waals surface area contributed by atoms with Crippen LogP contribution in [0.15, 0.2) is 24.3 Å². The quantitative estimate of drug-likeness (QED) is 0.858. The number of ketones is 1. The van der Waals surface area contributed by atoms with Gasteiger partial charge in [-0.3, -0.25) is 9.59 Å². The lowest BCUT2D eigenvalue weighted by Crippen LogP contribution is -2.48. The maximum absolute atomic E-state index is 12.8. The Balaban J connectivity index is 2.42. The van der Waals surface area contributed by atoms with E-state index in [4.69, 9.17) is 16.3 Å². The number of halogens is 1. The number of benzene rings is 1. The van der Waals surface area contributed by atoms with Gasteiger partial charge in [-0.1, -0.05) is 29.8 Å². The second-order valence-electron chi connectivity index (χ2n) is 7.10. The first-order valence-corrected chi connectivity index (χ1v) is 8.23. The average Bonchev–Trinajstić information content (AvgIpc) is 2.42. The van der Waals surface area contributed by atoms with Crippen LogP contribution in [0.2, 0.25) is 5.02 Å². The molecule has 0 aliphatic heterocycles. The van der Waals surface area contributed by atoms with Crippen LogP contribution in [-0.4, -0.2) is 28.6 Å². The van der Waals surface area contributed by atoms with Gasteiger partial charge in [0.05, 0.1) is 11.8 Å². The molecule has 23 heavy (non-hydrogen) atoms. The van der Waals surface area contributed by atoms with Gasteiger partial charge < -0.3 is 9.84 Å². The van der Waals surface area contributed by atoms with E-state index >= 15 is 0 Å². The lowest BCUT2D eigenvalue weighted by molar-refractivity contribution is -0.159. The molecular formula is C18H23ClO4. The summed E-state index contributed by atoms with van der Waals surface area (Å²) in [6, 6.07) is 7.01. The average molecular weight is 339 g/mol. The Morgan fingerprint density at radius 1 is 1.39 bits per heavy atom. The standard InChI is InChI=1S/C18H23ClO4/c1-17(2,3)23-15(21)11-18(10-6-9-14(20)16(18)22)12-7-4-5-8-13(12)19/h4-5,7-8,14,20H,6,9-11H2,1-3H3/t14-,18-/m0/s1. The molecule has 1 aliphatic carbocycles. The molecule has 0 spiro atoms. The molecule has 2 rings (SSSR count). The summed E-state index contributed by atoms with van der Waals surface area (Å²) >= 11 is 6.29. The number of Topliss-reactive ketones (excluding diaryl/α,β-unsaturated/α-hetero) is 1. The highest BCUT2D eigenvalue weighted by Crippen LogP contribution is 2.43. The SMILES string of the molecule is CC(C)(C)OC(=O)C[C@]1(c2ccccc2Cl)CCC[C@H](O)C1=O. The number of hydrogen-bond acceptors (Lipinski definition) is 4. The summed E-state index contributed by atoms with van der Waals surface area (Å²) < 4.78 is 5.39. The van der Waals surface area contributed by atoms with Gasteiger partial charge in [0.25, 0.3) is 0 Å². The zero-order chi connectivity index (χ0) is 17.3. The largest absolute Gasteiger partial charge is 0.460 e. The summed E-state index contributed by atoms with van der Waals surface area (Å²) in [4.78, 5) is 25.2. The Labute approximate surface area is 141 Å². The lowest BCUT2D eigenvalue weighted by atomic mass is 9.65. The number of aliphatic hydroxyl groups excluding tert-OH is 1. The van der Waals surface area contributed by atoms with Gasteiger partial charge in [-0.15, -0.1) is 0 Å². The number of rotatable bonds is 3. The van der Waals surface area contributed by atoms with Crippen molar-refractivity contribution in [3.63, 3.8) is 0 Å². The summed E-state index contributed by atoms with van der Waals surface area (Å²) in [6.07, 6.45) is 0.373. The van der Waals surface area contributed by atoms with Crippen molar-refractivity contribution in [3.8, 4) is 0 Å². The third-order valence-corrected chi connectivity index (χ3v) is 4.44. The van der Waals surface area contributed by atoms with Crippen molar-refractivity contribution in [2.24, 2.45) is 0 Å². The van der Waals surface area contributed by atoms with Crippen molar-refractivity contribution in [1.82, 2.24) is 0 Å². The van der Waals surface area contributed by atoms with Crippen molar-refractivity contribution in [1.29, 1.82) is 0 Å². The normalized spacial score (nSPS) is 25.3. The van der Waals surface area contributed by atoms with Gasteiger partial charge in [0, 0.05) is 5.02 Å². The number of esters is 1. The predicted octanol–water partition coefficient (Wildman–Crippen LogP) is 3.42. The van der Waals surface area contributed by atoms with Gasteiger partial charge in [0.1, 0.15) is 11.7 Å². The molecule has 0 unspecified atom stereocenters. The molecule has 0 bridgehead atoms. The summed E-state index contributed by atoms with van der Waals surface area (Å²) in [7, 11) is 0. The number of carbonyl (C=O) groups excluding carboxylic acids is 2. The van der Waals surface area contributed by atoms with Crippen LogP contribution in [0.25, 0.3) is 0 Å². The van der Waals surface area contributed by atoms with Crippen LogP contribution in [0.4, 0.5) is 0 Å². The van der Waals surface area contributed by atoms with Crippen LogP contribution in [0.3, 0.4) is 0 Å². The van der Waals surface area contributed by atoms with E-state index in [0.717, 1.165) is 0 Å². The summed E-state index contributed by atoms with van der Waals surface area (Å²) in [5.74, 6) is -0.803. The minimum atomic E-state index is -1.11. The first-order chi connectivity index (χ1) is 10.7. The highest BCUT2D eigenvalue weighted by Gasteiger charge is 2.48. The van der Waals surface area contributed by atoms with Crippen molar-refractivity contribution in [2.75, 3.05) is 0 Å². The predicted molar refractivity (Wildman–Crippen MR) is 88.5 cm³/mol. The van der Waals surface area contributed by atoms with Crippen molar-refractivity contribution < 1.29 is 19.4 Å². The third-order valence-electron chi connectivity index (χ3n) is 4.11. The molecule has 1 fully saturated rings.